The Hall–Kier alpha value is -1.55. The van der Waals surface area contributed by atoms with Crippen LogP contribution >= 0.6 is 0 Å². The van der Waals surface area contributed by atoms with Gasteiger partial charge in [0.15, 0.2) is 0 Å². The van der Waals surface area contributed by atoms with Crippen LogP contribution in [0.1, 0.15) is 43.0 Å². The van der Waals surface area contributed by atoms with Gasteiger partial charge in [-0.25, -0.2) is 0 Å². The lowest BCUT2D eigenvalue weighted by atomic mass is 10.1. The fraction of sp³-hybridized carbons (Fsp3) is 0.611. The Kier molecular flexibility index (Phi) is 4.67. The van der Waals surface area contributed by atoms with Crippen LogP contribution in [0.4, 0.5) is 0 Å². The third-order valence-corrected chi connectivity index (χ3v) is 4.85. The number of unbranched alkanes of at least 4 members (excludes halogenated alkanes) is 3. The summed E-state index contributed by atoms with van der Waals surface area (Å²) >= 11 is 0. The molecule has 1 amide bonds. The minimum atomic E-state index is 0.0796. The normalized spacial score (nSPS) is 24.6. The Labute approximate surface area is 133 Å². The number of nitrogens with zero attached hydrogens (tertiary/aromatic N) is 2. The highest BCUT2D eigenvalue weighted by molar-refractivity contribution is 5.97. The number of likely N-dealkylation sites (tertiary alicyclic amines) is 1. The van der Waals surface area contributed by atoms with E-state index in [9.17, 15) is 4.79 Å². The molecule has 2 aliphatic rings. The molecule has 0 radical (unpaired) electrons. The van der Waals surface area contributed by atoms with E-state index in [1.54, 1.807) is 0 Å². The van der Waals surface area contributed by atoms with Gasteiger partial charge in [-0.3, -0.25) is 9.69 Å². The fourth-order valence-electron chi connectivity index (χ4n) is 3.52. The summed E-state index contributed by atoms with van der Waals surface area (Å²) in [6, 6.07) is 7.76. The van der Waals surface area contributed by atoms with Crippen molar-refractivity contribution in [1.29, 1.82) is 0 Å². The van der Waals surface area contributed by atoms with Gasteiger partial charge in [0.25, 0.3) is 5.91 Å². The van der Waals surface area contributed by atoms with Crippen molar-refractivity contribution in [2.24, 2.45) is 0 Å². The number of benzene rings is 1. The van der Waals surface area contributed by atoms with E-state index in [1.807, 2.05) is 36.2 Å². The molecule has 0 N–H and O–H groups in total. The third-order valence-electron chi connectivity index (χ3n) is 4.85. The number of hydrogen-bond donors (Lipinski definition) is 0. The average Bonchev–Trinajstić information content (AvgIpc) is 2.89. The minimum Gasteiger partial charge on any atom is -0.486 e. The molecule has 1 aromatic rings. The molecule has 22 heavy (non-hydrogen) atoms. The van der Waals surface area contributed by atoms with Gasteiger partial charge in [0.2, 0.25) is 0 Å². The zero-order chi connectivity index (χ0) is 15.5. The van der Waals surface area contributed by atoms with Crippen LogP contribution < -0.4 is 4.74 Å². The van der Waals surface area contributed by atoms with E-state index < -0.39 is 0 Å². The lowest BCUT2D eigenvalue weighted by Gasteiger charge is -2.25. The summed E-state index contributed by atoms with van der Waals surface area (Å²) in [5.74, 6) is 0.815. The molecule has 2 atom stereocenters. The lowest BCUT2D eigenvalue weighted by Crippen LogP contribution is -2.44. The van der Waals surface area contributed by atoms with Crippen LogP contribution in [-0.2, 0) is 0 Å². The molecule has 1 fully saturated rings. The molecule has 1 saturated heterocycles. The van der Waals surface area contributed by atoms with Gasteiger partial charge in [-0.2, -0.15) is 0 Å². The Morgan fingerprint density at radius 3 is 2.82 bits per heavy atom. The summed E-state index contributed by atoms with van der Waals surface area (Å²) in [7, 11) is 1.91. The maximum atomic E-state index is 12.6. The molecule has 2 heterocycles. The van der Waals surface area contributed by atoms with Crippen molar-refractivity contribution in [3.8, 4) is 5.75 Å². The summed E-state index contributed by atoms with van der Waals surface area (Å²) in [6.07, 6.45) is 5.19. The number of carbonyl (C=O) groups excluding carboxylic acids is 1. The van der Waals surface area contributed by atoms with Gasteiger partial charge in [0, 0.05) is 20.1 Å². The molecule has 1 aromatic carbocycles. The second kappa shape index (κ2) is 6.69. The smallest absolute Gasteiger partial charge is 0.257 e. The average molecular weight is 302 g/mol. The second-order valence-corrected chi connectivity index (χ2v) is 6.46. The van der Waals surface area contributed by atoms with Crippen LogP contribution in [0.3, 0.4) is 0 Å². The van der Waals surface area contributed by atoms with Gasteiger partial charge in [0.1, 0.15) is 11.9 Å². The summed E-state index contributed by atoms with van der Waals surface area (Å²) in [5, 5.41) is 0. The largest absolute Gasteiger partial charge is 0.486 e. The first kappa shape index (κ1) is 15.3. The van der Waals surface area contributed by atoms with E-state index in [1.165, 1.54) is 25.7 Å². The molecule has 2 aliphatic heterocycles. The van der Waals surface area contributed by atoms with Crippen LogP contribution in [0.5, 0.6) is 5.75 Å². The third kappa shape index (κ3) is 2.98. The van der Waals surface area contributed by atoms with Crippen LogP contribution in [0.15, 0.2) is 24.3 Å². The molecule has 4 nitrogen and oxygen atoms in total. The number of ether oxygens (including phenoxy) is 1. The maximum Gasteiger partial charge on any atom is 0.257 e. The highest BCUT2D eigenvalue weighted by atomic mass is 16.5. The molecular formula is C18H26N2O2. The van der Waals surface area contributed by atoms with Gasteiger partial charge in [0.05, 0.1) is 11.6 Å². The monoisotopic (exact) mass is 302 g/mol. The number of para-hydroxylation sites is 1. The van der Waals surface area contributed by atoms with E-state index in [0.29, 0.717) is 5.56 Å². The van der Waals surface area contributed by atoms with E-state index >= 15 is 0 Å². The quantitative estimate of drug-likeness (QED) is 0.784. The van der Waals surface area contributed by atoms with Crippen molar-refractivity contribution in [2.75, 3.05) is 26.7 Å². The number of amides is 1. The van der Waals surface area contributed by atoms with Crippen molar-refractivity contribution in [1.82, 2.24) is 9.80 Å². The van der Waals surface area contributed by atoms with E-state index in [2.05, 4.69) is 11.8 Å². The standard InChI is InChI=1S/C18H26N2O2/c1-3-4-5-8-11-20-12-15-17(13-20)22-16-10-7-6-9-14(16)18(21)19(15)2/h6-7,9-10,15,17H,3-5,8,11-13H2,1-2H3/t15-,17+/m1/s1. The first-order chi connectivity index (χ1) is 10.7. The summed E-state index contributed by atoms with van der Waals surface area (Å²) in [6.45, 7) is 5.19. The number of rotatable bonds is 5. The molecule has 120 valence electrons. The Bertz CT molecular complexity index is 532. The Morgan fingerprint density at radius 2 is 2.00 bits per heavy atom. The molecule has 3 rings (SSSR count). The number of likely N-dealkylation sites (N-methyl/N-ethyl adjacent to an activating group) is 1. The molecular weight excluding hydrogens is 276 g/mol. The minimum absolute atomic E-state index is 0.0796. The highest BCUT2D eigenvalue weighted by Gasteiger charge is 2.41. The van der Waals surface area contributed by atoms with E-state index in [0.717, 1.165) is 25.4 Å². The van der Waals surface area contributed by atoms with Gasteiger partial charge in [-0.15, -0.1) is 0 Å². The van der Waals surface area contributed by atoms with Crippen molar-refractivity contribution in [2.45, 2.75) is 44.8 Å². The van der Waals surface area contributed by atoms with Crippen LogP contribution in [0.2, 0.25) is 0 Å². The number of fused-ring (bicyclic) bond motifs is 2. The Morgan fingerprint density at radius 1 is 1.18 bits per heavy atom. The predicted octanol–water partition coefficient (Wildman–Crippen LogP) is 2.78. The molecule has 0 unspecified atom stereocenters. The van der Waals surface area contributed by atoms with Crippen molar-refractivity contribution < 1.29 is 9.53 Å². The van der Waals surface area contributed by atoms with Crippen LogP contribution in [0, 0.1) is 0 Å². The molecule has 0 aromatic heterocycles. The molecule has 0 spiro atoms. The number of hydrogen-bond acceptors (Lipinski definition) is 3. The van der Waals surface area contributed by atoms with E-state index in [-0.39, 0.29) is 18.1 Å². The van der Waals surface area contributed by atoms with Crippen molar-refractivity contribution >= 4 is 5.91 Å². The Balaban J connectivity index is 1.68. The summed E-state index contributed by atoms with van der Waals surface area (Å²) < 4.78 is 6.18. The van der Waals surface area contributed by atoms with Gasteiger partial charge in [-0.05, 0) is 25.1 Å². The van der Waals surface area contributed by atoms with Crippen LogP contribution in [-0.4, -0.2) is 54.5 Å². The van der Waals surface area contributed by atoms with Crippen molar-refractivity contribution in [3.05, 3.63) is 29.8 Å². The lowest BCUT2D eigenvalue weighted by molar-refractivity contribution is 0.0682. The summed E-state index contributed by atoms with van der Waals surface area (Å²) in [5.41, 5.74) is 0.689. The van der Waals surface area contributed by atoms with Crippen LogP contribution in [0.25, 0.3) is 0 Å². The van der Waals surface area contributed by atoms with Gasteiger partial charge >= 0.3 is 0 Å². The molecule has 0 saturated carbocycles. The fourth-order valence-corrected chi connectivity index (χ4v) is 3.52. The number of carbonyl (C=O) groups is 1. The molecule has 0 aliphatic carbocycles. The van der Waals surface area contributed by atoms with Gasteiger partial charge < -0.3 is 9.64 Å². The van der Waals surface area contributed by atoms with E-state index in [4.69, 9.17) is 4.74 Å². The maximum absolute atomic E-state index is 12.6. The van der Waals surface area contributed by atoms with Crippen molar-refractivity contribution in [3.63, 3.8) is 0 Å². The highest BCUT2D eigenvalue weighted by Crippen LogP contribution is 2.30. The molecule has 4 heteroatoms. The molecule has 0 bridgehead atoms. The zero-order valence-electron chi connectivity index (χ0n) is 13.6. The zero-order valence-corrected chi connectivity index (χ0v) is 13.6. The summed E-state index contributed by atoms with van der Waals surface area (Å²) in [4.78, 5) is 16.9. The first-order valence-electron chi connectivity index (χ1n) is 8.46. The topological polar surface area (TPSA) is 32.8 Å². The van der Waals surface area contributed by atoms with Gasteiger partial charge in [-0.1, -0.05) is 38.3 Å². The SMILES string of the molecule is CCCCCCN1C[C@@H]2Oc3ccccc3C(=O)N(C)[C@@H]2C1. The second-order valence-electron chi connectivity index (χ2n) is 6.46. The predicted molar refractivity (Wildman–Crippen MR) is 87.3 cm³/mol. The first-order valence-corrected chi connectivity index (χ1v) is 8.46.